The van der Waals surface area contributed by atoms with Gasteiger partial charge in [0.1, 0.15) is 11.6 Å². The maximum Gasteiger partial charge on any atom is 0.259 e. The molecule has 306 valence electrons. The Hall–Kier alpha value is -5.11. The first kappa shape index (κ1) is 39.7. The summed E-state index contributed by atoms with van der Waals surface area (Å²) in [7, 11) is -3.90. The molecule has 4 fully saturated rings. The summed E-state index contributed by atoms with van der Waals surface area (Å²) in [4.78, 5) is 79.2. The van der Waals surface area contributed by atoms with Gasteiger partial charge in [-0.05, 0) is 76.3 Å². The first-order valence-corrected chi connectivity index (χ1v) is 22.5. The Labute approximate surface area is 339 Å². The molecule has 14 heteroatoms. The highest BCUT2D eigenvalue weighted by Gasteiger charge is 2.62. The van der Waals surface area contributed by atoms with Gasteiger partial charge in [-0.25, -0.2) is 13.4 Å². The molecule has 2 aromatic carbocycles. The SMILES string of the molecule is O=C(N[C@@H]1C[C@H]2C(=O)N[C@]3(C(=O)NS(=O)(=O)C4CC4)C[C@H]3C=CCCCCC[C@H](CC(=O)N3CCCCC3)C(=O)N2C1)c1cc(-c2ccccc2)nc2ccccc12. The number of aromatic nitrogens is 1. The number of carbonyl (C=O) groups is 5. The molecule has 3 aliphatic heterocycles. The van der Waals surface area contributed by atoms with Crippen LogP contribution in [0, 0.1) is 11.8 Å². The number of hydrogen-bond acceptors (Lipinski definition) is 8. The Bertz CT molecular complexity index is 2220. The van der Waals surface area contributed by atoms with Gasteiger partial charge >= 0.3 is 0 Å². The summed E-state index contributed by atoms with van der Waals surface area (Å²) < 4.78 is 28.1. The number of likely N-dealkylation sites (tertiary alicyclic amines) is 1. The Morgan fingerprint density at radius 3 is 2.41 bits per heavy atom. The van der Waals surface area contributed by atoms with Gasteiger partial charge in [0.15, 0.2) is 0 Å². The van der Waals surface area contributed by atoms with Crippen molar-refractivity contribution in [2.24, 2.45) is 11.8 Å². The predicted molar refractivity (Wildman–Crippen MR) is 218 cm³/mol. The van der Waals surface area contributed by atoms with E-state index in [2.05, 4.69) is 15.4 Å². The summed E-state index contributed by atoms with van der Waals surface area (Å²) in [5, 5.41) is 6.06. The van der Waals surface area contributed by atoms with Crippen molar-refractivity contribution in [3.63, 3.8) is 0 Å². The second kappa shape index (κ2) is 16.6. The van der Waals surface area contributed by atoms with Gasteiger partial charge in [0.05, 0.1) is 22.0 Å². The topological polar surface area (TPSA) is 175 Å². The molecule has 5 aliphatic rings. The molecular formula is C44H52N6O7S. The van der Waals surface area contributed by atoms with E-state index in [1.165, 1.54) is 4.90 Å². The molecule has 4 heterocycles. The lowest BCUT2D eigenvalue weighted by atomic mass is 9.94. The minimum atomic E-state index is -3.90. The van der Waals surface area contributed by atoms with E-state index >= 15 is 0 Å². The van der Waals surface area contributed by atoms with Crippen LogP contribution in [0.1, 0.15) is 93.8 Å². The van der Waals surface area contributed by atoms with Crippen molar-refractivity contribution < 1.29 is 32.4 Å². The minimum absolute atomic E-state index is 0.0181. The zero-order chi connectivity index (χ0) is 40.4. The predicted octanol–water partition coefficient (Wildman–Crippen LogP) is 4.62. The van der Waals surface area contributed by atoms with Crippen LogP contribution < -0.4 is 15.4 Å². The minimum Gasteiger partial charge on any atom is -0.347 e. The highest BCUT2D eigenvalue weighted by atomic mass is 32.2. The fraction of sp³-hybridized carbons (Fsp3) is 0.500. The Balaban J connectivity index is 1.09. The number of carbonyl (C=O) groups excluding carboxylic acids is 5. The number of nitrogens with zero attached hydrogens (tertiary/aromatic N) is 3. The van der Waals surface area contributed by atoms with Crippen molar-refractivity contribution in [2.45, 2.75) is 106 Å². The Morgan fingerprint density at radius 1 is 0.897 bits per heavy atom. The van der Waals surface area contributed by atoms with Crippen molar-refractivity contribution >= 4 is 50.5 Å². The highest BCUT2D eigenvalue weighted by Crippen LogP contribution is 2.46. The van der Waals surface area contributed by atoms with Gasteiger partial charge in [-0.3, -0.25) is 28.7 Å². The zero-order valence-electron chi connectivity index (χ0n) is 32.7. The van der Waals surface area contributed by atoms with Crippen LogP contribution in [0.25, 0.3) is 22.2 Å². The number of pyridine rings is 1. The van der Waals surface area contributed by atoms with E-state index < -0.39 is 56.5 Å². The maximum atomic E-state index is 14.8. The average Bonchev–Trinajstić information content (AvgIpc) is 4.16. The number of amides is 5. The molecule has 58 heavy (non-hydrogen) atoms. The summed E-state index contributed by atoms with van der Waals surface area (Å²) in [6, 6.07) is 17.0. The van der Waals surface area contributed by atoms with Crippen molar-refractivity contribution in [1.82, 2.24) is 30.1 Å². The molecule has 2 saturated heterocycles. The van der Waals surface area contributed by atoms with Crippen LogP contribution in [-0.2, 0) is 29.2 Å². The van der Waals surface area contributed by atoms with E-state index in [4.69, 9.17) is 4.98 Å². The number of sulfonamides is 1. The van der Waals surface area contributed by atoms with E-state index in [0.29, 0.717) is 54.5 Å². The van der Waals surface area contributed by atoms with E-state index in [1.54, 1.807) is 6.07 Å². The largest absolute Gasteiger partial charge is 0.347 e. The standard InChI is InChI=1S/C44H52N6O7S/c51-39(49-22-12-5-13-23-49)24-30-16-6-2-1-3-9-17-31-27-44(31,43(55)48-58(56,57)33-20-21-33)47-41(53)38-25-32(28-50(38)42(30)54)45-40(52)35-26-37(29-14-7-4-8-15-29)46-36-19-11-10-18-34(35)36/h4,7-11,14-15,17-19,26,30-33,38H,1-3,5-6,12-13,16,20-25,27-28H2,(H,45,52)(H,47,53)(H,48,55)/t30-,31-,32-,38+,44-/m1/s1. The molecule has 2 saturated carbocycles. The molecule has 5 atom stereocenters. The van der Waals surface area contributed by atoms with Crippen molar-refractivity contribution in [2.75, 3.05) is 19.6 Å². The third-order valence-corrected chi connectivity index (χ3v) is 14.3. The number of allylic oxidation sites excluding steroid dienone is 1. The number of nitrogens with one attached hydrogen (secondary N) is 3. The molecule has 0 radical (unpaired) electrons. The molecule has 0 unspecified atom stereocenters. The third-order valence-electron chi connectivity index (χ3n) is 12.5. The summed E-state index contributed by atoms with van der Waals surface area (Å²) in [5.41, 5.74) is 1.01. The number of rotatable bonds is 8. The molecule has 8 rings (SSSR count). The van der Waals surface area contributed by atoms with Gasteiger partial charge in [0.2, 0.25) is 27.7 Å². The fourth-order valence-electron chi connectivity index (χ4n) is 8.90. The lowest BCUT2D eigenvalue weighted by molar-refractivity contribution is -0.145. The van der Waals surface area contributed by atoms with Crippen molar-refractivity contribution in [1.29, 1.82) is 0 Å². The van der Waals surface area contributed by atoms with Gasteiger partial charge in [0.25, 0.3) is 11.8 Å². The summed E-state index contributed by atoms with van der Waals surface area (Å²) in [6.07, 6.45) is 11.6. The fourth-order valence-corrected chi connectivity index (χ4v) is 10.3. The molecule has 3 N–H and O–H groups in total. The molecule has 2 aliphatic carbocycles. The third kappa shape index (κ3) is 8.53. The highest BCUT2D eigenvalue weighted by molar-refractivity contribution is 7.91. The van der Waals surface area contributed by atoms with E-state index in [0.717, 1.165) is 50.5 Å². The van der Waals surface area contributed by atoms with Gasteiger partial charge in [0, 0.05) is 54.9 Å². The molecular weight excluding hydrogens is 757 g/mol. The van der Waals surface area contributed by atoms with Crippen LogP contribution >= 0.6 is 0 Å². The maximum absolute atomic E-state index is 14.8. The number of piperidine rings is 1. The van der Waals surface area contributed by atoms with Crippen LogP contribution in [0.3, 0.4) is 0 Å². The van der Waals surface area contributed by atoms with Gasteiger partial charge in [-0.2, -0.15) is 0 Å². The summed E-state index contributed by atoms with van der Waals surface area (Å²) >= 11 is 0. The van der Waals surface area contributed by atoms with Crippen molar-refractivity contribution in [3.8, 4) is 11.3 Å². The quantitative estimate of drug-likeness (QED) is 0.277. The van der Waals surface area contributed by atoms with Gasteiger partial charge in [-0.15, -0.1) is 0 Å². The van der Waals surface area contributed by atoms with Crippen LogP contribution in [0.5, 0.6) is 0 Å². The van der Waals surface area contributed by atoms with Crippen LogP contribution in [0.15, 0.2) is 72.8 Å². The average molecular weight is 809 g/mol. The first-order valence-electron chi connectivity index (χ1n) is 20.9. The van der Waals surface area contributed by atoms with Gasteiger partial charge in [-0.1, -0.05) is 73.5 Å². The normalized spacial score (nSPS) is 26.8. The monoisotopic (exact) mass is 808 g/mol. The van der Waals surface area contributed by atoms with Crippen molar-refractivity contribution in [3.05, 3.63) is 78.4 Å². The second-order valence-electron chi connectivity index (χ2n) is 16.7. The number of fused-ring (bicyclic) bond motifs is 3. The zero-order valence-corrected chi connectivity index (χ0v) is 33.6. The lowest BCUT2D eigenvalue weighted by Gasteiger charge is -2.31. The number of para-hydroxylation sites is 1. The summed E-state index contributed by atoms with van der Waals surface area (Å²) in [5.74, 6) is -3.28. The molecule has 1 aromatic heterocycles. The van der Waals surface area contributed by atoms with Gasteiger partial charge < -0.3 is 20.4 Å². The van der Waals surface area contributed by atoms with Crippen LogP contribution in [0.4, 0.5) is 0 Å². The van der Waals surface area contributed by atoms with E-state index in [9.17, 15) is 32.4 Å². The number of benzene rings is 2. The lowest BCUT2D eigenvalue weighted by Crippen LogP contribution is -2.57. The number of hydrogen-bond donors (Lipinski definition) is 3. The van der Waals surface area contributed by atoms with E-state index in [1.807, 2.05) is 71.6 Å². The Kier molecular flexibility index (Phi) is 11.4. The molecule has 0 spiro atoms. The van der Waals surface area contributed by atoms with Crippen LogP contribution in [-0.4, -0.2) is 95.2 Å². The molecule has 13 nitrogen and oxygen atoms in total. The Morgan fingerprint density at radius 2 is 1.64 bits per heavy atom. The van der Waals surface area contributed by atoms with E-state index in [-0.39, 0.29) is 43.5 Å². The molecule has 5 amide bonds. The molecule has 0 bridgehead atoms. The second-order valence-corrected chi connectivity index (χ2v) is 18.7. The summed E-state index contributed by atoms with van der Waals surface area (Å²) in [6.45, 7) is 1.34. The smallest absolute Gasteiger partial charge is 0.259 e. The van der Waals surface area contributed by atoms with Crippen LogP contribution in [0.2, 0.25) is 0 Å². The first-order chi connectivity index (χ1) is 28.0. The molecule has 3 aromatic rings.